The third-order valence-corrected chi connectivity index (χ3v) is 2.91. The Morgan fingerprint density at radius 3 is 2.50 bits per heavy atom. The molecule has 0 bridgehead atoms. The number of alkyl halides is 3. The first kappa shape index (κ1) is 14.6. The van der Waals surface area contributed by atoms with Gasteiger partial charge in [-0.15, -0.1) is 13.2 Å². The fraction of sp³-hybridized carbons (Fsp3) is 0.200. The van der Waals surface area contributed by atoms with Crippen molar-refractivity contribution in [2.45, 2.75) is 6.36 Å². The van der Waals surface area contributed by atoms with Gasteiger partial charge in [0, 0.05) is 0 Å². The van der Waals surface area contributed by atoms with Gasteiger partial charge in [-0.3, -0.25) is 0 Å². The third kappa shape index (κ3) is 3.25. The van der Waals surface area contributed by atoms with Crippen molar-refractivity contribution in [3.63, 3.8) is 0 Å². The molecule has 0 heterocycles. The van der Waals surface area contributed by atoms with Crippen molar-refractivity contribution in [2.75, 3.05) is 7.11 Å². The fourth-order valence-electron chi connectivity index (χ4n) is 1.16. The highest BCUT2D eigenvalue weighted by molar-refractivity contribution is 14.1. The smallest absolute Gasteiger partial charge is 0.465 e. The van der Waals surface area contributed by atoms with Gasteiger partial charge < -0.3 is 9.47 Å². The minimum Gasteiger partial charge on any atom is -0.465 e. The summed E-state index contributed by atoms with van der Waals surface area (Å²) in [6, 6.07) is 3.74. The van der Waals surface area contributed by atoms with E-state index in [-0.39, 0.29) is 14.7 Å². The van der Waals surface area contributed by atoms with Crippen molar-refractivity contribution >= 4 is 28.6 Å². The summed E-state index contributed by atoms with van der Waals surface area (Å²) < 4.78 is 44.4. The Kier molecular flexibility index (Phi) is 4.39. The summed E-state index contributed by atoms with van der Waals surface area (Å²) in [6.45, 7) is 0. The third-order valence-electron chi connectivity index (χ3n) is 1.84. The standard InChI is InChI=1S/C10H5F3INO3/c1-17-9(16)7-5(4-15)2-3-6(8(7)14)18-10(11,12)13/h2-3H,1H3. The van der Waals surface area contributed by atoms with Gasteiger partial charge in [0.1, 0.15) is 11.8 Å². The van der Waals surface area contributed by atoms with Crippen LogP contribution in [0.25, 0.3) is 0 Å². The summed E-state index contributed by atoms with van der Waals surface area (Å²) >= 11 is 1.49. The first-order valence-electron chi connectivity index (χ1n) is 4.36. The van der Waals surface area contributed by atoms with Crippen LogP contribution in [0.3, 0.4) is 0 Å². The highest BCUT2D eigenvalue weighted by Crippen LogP contribution is 2.31. The van der Waals surface area contributed by atoms with Crippen LogP contribution in [0.1, 0.15) is 15.9 Å². The molecule has 0 unspecified atom stereocenters. The van der Waals surface area contributed by atoms with Crippen molar-refractivity contribution in [3.8, 4) is 11.8 Å². The number of esters is 1. The van der Waals surface area contributed by atoms with E-state index < -0.39 is 18.1 Å². The van der Waals surface area contributed by atoms with Crippen molar-refractivity contribution in [1.82, 2.24) is 0 Å². The van der Waals surface area contributed by atoms with Crippen molar-refractivity contribution in [3.05, 3.63) is 26.8 Å². The number of rotatable bonds is 2. The molecule has 4 nitrogen and oxygen atoms in total. The maximum atomic E-state index is 12.1. The average molecular weight is 371 g/mol. The van der Waals surface area contributed by atoms with E-state index in [1.165, 1.54) is 22.6 Å². The van der Waals surface area contributed by atoms with Crippen LogP contribution in [0.15, 0.2) is 12.1 Å². The quantitative estimate of drug-likeness (QED) is 0.593. The van der Waals surface area contributed by atoms with Gasteiger partial charge >= 0.3 is 12.3 Å². The van der Waals surface area contributed by atoms with Crippen LogP contribution in [-0.4, -0.2) is 19.4 Å². The van der Waals surface area contributed by atoms with Gasteiger partial charge in [0.2, 0.25) is 0 Å². The lowest BCUT2D eigenvalue weighted by Crippen LogP contribution is -2.19. The molecule has 18 heavy (non-hydrogen) atoms. The van der Waals surface area contributed by atoms with Gasteiger partial charge in [-0.05, 0) is 34.7 Å². The molecule has 0 aliphatic heterocycles. The van der Waals surface area contributed by atoms with Gasteiger partial charge in [-0.2, -0.15) is 5.26 Å². The number of hydrogen-bond acceptors (Lipinski definition) is 4. The predicted molar refractivity (Wildman–Crippen MR) is 61.9 cm³/mol. The maximum absolute atomic E-state index is 12.1. The van der Waals surface area contributed by atoms with E-state index in [1.54, 1.807) is 6.07 Å². The van der Waals surface area contributed by atoms with Crippen LogP contribution >= 0.6 is 22.6 Å². The van der Waals surface area contributed by atoms with E-state index in [9.17, 15) is 18.0 Å². The zero-order chi connectivity index (χ0) is 13.9. The number of nitriles is 1. The van der Waals surface area contributed by atoms with Crippen molar-refractivity contribution in [2.24, 2.45) is 0 Å². The Bertz CT molecular complexity index is 522. The van der Waals surface area contributed by atoms with Gasteiger partial charge in [0.15, 0.2) is 0 Å². The summed E-state index contributed by atoms with van der Waals surface area (Å²) in [4.78, 5) is 11.4. The van der Waals surface area contributed by atoms with E-state index in [2.05, 4.69) is 9.47 Å². The summed E-state index contributed by atoms with van der Waals surface area (Å²) in [5.74, 6) is -1.45. The first-order valence-corrected chi connectivity index (χ1v) is 5.44. The largest absolute Gasteiger partial charge is 0.573 e. The Hall–Kier alpha value is -1.50. The number of ether oxygens (including phenoxy) is 2. The van der Waals surface area contributed by atoms with E-state index in [0.717, 1.165) is 19.2 Å². The number of hydrogen-bond donors (Lipinski definition) is 0. The second-order valence-corrected chi connectivity index (χ2v) is 4.03. The fourth-order valence-corrected chi connectivity index (χ4v) is 1.96. The average Bonchev–Trinajstić information content (AvgIpc) is 2.29. The molecular weight excluding hydrogens is 366 g/mol. The monoisotopic (exact) mass is 371 g/mol. The second kappa shape index (κ2) is 5.43. The Morgan fingerprint density at radius 1 is 1.44 bits per heavy atom. The zero-order valence-electron chi connectivity index (χ0n) is 8.84. The normalized spacial score (nSPS) is 10.7. The predicted octanol–water partition coefficient (Wildman–Crippen LogP) is 2.85. The molecule has 0 saturated carbocycles. The zero-order valence-corrected chi connectivity index (χ0v) is 11.0. The number of benzene rings is 1. The summed E-state index contributed by atoms with van der Waals surface area (Å²) in [5, 5.41) is 8.79. The van der Waals surface area contributed by atoms with Crippen LogP contribution < -0.4 is 4.74 Å². The number of methoxy groups -OCH3 is 1. The van der Waals surface area contributed by atoms with Crippen molar-refractivity contribution in [1.29, 1.82) is 5.26 Å². The number of nitrogens with zero attached hydrogens (tertiary/aromatic N) is 1. The molecule has 0 aliphatic rings. The molecular formula is C10H5F3INO3. The SMILES string of the molecule is COC(=O)c1c(C#N)ccc(OC(F)(F)F)c1I. The lowest BCUT2D eigenvalue weighted by atomic mass is 10.1. The van der Waals surface area contributed by atoms with Gasteiger partial charge in [0.05, 0.1) is 21.8 Å². The van der Waals surface area contributed by atoms with Gasteiger partial charge in [-0.25, -0.2) is 4.79 Å². The second-order valence-electron chi connectivity index (χ2n) is 2.95. The van der Waals surface area contributed by atoms with E-state index in [1.807, 2.05) is 0 Å². The van der Waals surface area contributed by atoms with Crippen LogP contribution in [-0.2, 0) is 4.74 Å². The first-order chi connectivity index (χ1) is 8.30. The molecule has 0 aliphatic carbocycles. The summed E-state index contributed by atoms with van der Waals surface area (Å²) in [5.41, 5.74) is -0.330. The molecule has 8 heteroatoms. The van der Waals surface area contributed by atoms with Crippen LogP contribution in [0, 0.1) is 14.9 Å². The highest BCUT2D eigenvalue weighted by atomic mass is 127. The minimum absolute atomic E-state index is 0.0826. The van der Waals surface area contributed by atoms with Crippen LogP contribution in [0.2, 0.25) is 0 Å². The Morgan fingerprint density at radius 2 is 2.06 bits per heavy atom. The van der Waals surface area contributed by atoms with Crippen LogP contribution in [0.4, 0.5) is 13.2 Å². The molecule has 0 spiro atoms. The minimum atomic E-state index is -4.87. The highest BCUT2D eigenvalue weighted by Gasteiger charge is 2.33. The van der Waals surface area contributed by atoms with E-state index in [4.69, 9.17) is 5.26 Å². The topological polar surface area (TPSA) is 59.3 Å². The van der Waals surface area contributed by atoms with E-state index >= 15 is 0 Å². The molecule has 1 rings (SSSR count). The molecule has 0 fully saturated rings. The van der Waals surface area contributed by atoms with E-state index in [0.29, 0.717) is 0 Å². The van der Waals surface area contributed by atoms with Crippen molar-refractivity contribution < 1.29 is 27.4 Å². The molecule has 1 aromatic carbocycles. The molecule has 96 valence electrons. The molecule has 0 radical (unpaired) electrons. The number of carbonyl (C=O) groups excluding carboxylic acids is 1. The Labute approximate surface area is 113 Å². The lowest BCUT2D eigenvalue weighted by molar-refractivity contribution is -0.275. The maximum Gasteiger partial charge on any atom is 0.573 e. The molecule has 0 aromatic heterocycles. The van der Waals surface area contributed by atoms with Gasteiger partial charge in [0.25, 0.3) is 0 Å². The molecule has 0 N–H and O–H groups in total. The molecule has 0 atom stereocenters. The number of carbonyl (C=O) groups is 1. The Balaban J connectivity index is 3.35. The molecule has 0 saturated heterocycles. The lowest BCUT2D eigenvalue weighted by Gasteiger charge is -2.13. The molecule has 0 amide bonds. The summed E-state index contributed by atoms with van der Waals surface area (Å²) in [6.07, 6.45) is -4.87. The van der Waals surface area contributed by atoms with Crippen LogP contribution in [0.5, 0.6) is 5.75 Å². The number of halogens is 4. The van der Waals surface area contributed by atoms with Gasteiger partial charge in [-0.1, -0.05) is 0 Å². The summed E-state index contributed by atoms with van der Waals surface area (Å²) in [7, 11) is 1.07. The molecule has 1 aromatic rings.